The molecule has 5 nitrogen and oxygen atoms in total. The number of nitrogens with one attached hydrogen (secondary N) is 1. The second-order valence-corrected chi connectivity index (χ2v) is 7.19. The summed E-state index contributed by atoms with van der Waals surface area (Å²) in [6.07, 6.45) is 2.60. The Balaban J connectivity index is 1.54. The molecule has 0 saturated carbocycles. The molecule has 0 radical (unpaired) electrons. The van der Waals surface area contributed by atoms with E-state index >= 15 is 0 Å². The predicted molar refractivity (Wildman–Crippen MR) is 106 cm³/mol. The molecule has 2 aromatic heterocycles. The van der Waals surface area contributed by atoms with Gasteiger partial charge in [0.15, 0.2) is 0 Å². The van der Waals surface area contributed by atoms with Crippen molar-refractivity contribution in [3.8, 4) is 0 Å². The summed E-state index contributed by atoms with van der Waals surface area (Å²) in [5.41, 5.74) is 2.76. The number of amides is 1. The third-order valence-electron chi connectivity index (χ3n) is 5.22. The summed E-state index contributed by atoms with van der Waals surface area (Å²) in [6.45, 7) is 0.199. The average Bonchev–Trinajstić information content (AvgIpc) is 2.77. The van der Waals surface area contributed by atoms with Crippen LogP contribution in [0.2, 0.25) is 0 Å². The highest BCUT2D eigenvalue weighted by atomic mass is 19.4. The first-order valence-electron chi connectivity index (χ1n) is 9.61. The quantitative estimate of drug-likeness (QED) is 0.675. The van der Waals surface area contributed by atoms with Crippen molar-refractivity contribution in [2.45, 2.75) is 32.0 Å². The van der Waals surface area contributed by atoms with E-state index in [1.165, 1.54) is 6.20 Å². The van der Waals surface area contributed by atoms with E-state index in [9.17, 15) is 18.0 Å². The highest BCUT2D eigenvalue weighted by molar-refractivity contribution is 5.99. The lowest BCUT2D eigenvalue weighted by molar-refractivity contribution is -0.175. The molecule has 2 heterocycles. The zero-order valence-electron chi connectivity index (χ0n) is 16.0. The second-order valence-electron chi connectivity index (χ2n) is 7.19. The summed E-state index contributed by atoms with van der Waals surface area (Å²) >= 11 is 0. The number of hydrogen-bond acceptors (Lipinski definition) is 4. The van der Waals surface area contributed by atoms with Gasteiger partial charge in [-0.3, -0.25) is 9.78 Å². The molecule has 1 aliphatic rings. The maximum atomic E-state index is 12.9. The molecule has 1 unspecified atom stereocenters. The Morgan fingerprint density at radius 2 is 1.93 bits per heavy atom. The monoisotopic (exact) mass is 412 g/mol. The molecular formula is C22H19F3N4O. The average molecular weight is 412 g/mol. The zero-order chi connectivity index (χ0) is 21.1. The predicted octanol–water partition coefficient (Wildman–Crippen LogP) is 4.70. The van der Waals surface area contributed by atoms with Gasteiger partial charge < -0.3 is 5.32 Å². The van der Waals surface area contributed by atoms with Gasteiger partial charge in [-0.15, -0.1) is 0 Å². The first kappa shape index (κ1) is 20.0. The molecule has 8 heteroatoms. The SMILES string of the molecule is O=C(NCc1ncccn1)c1cnc2c(C3=CCC(C(F)(F)F)CC3)cccc2c1. The van der Waals surface area contributed by atoms with Crippen LogP contribution in [-0.2, 0) is 6.54 Å². The van der Waals surface area contributed by atoms with Gasteiger partial charge in [0.1, 0.15) is 5.82 Å². The van der Waals surface area contributed by atoms with E-state index in [1.54, 1.807) is 30.6 Å². The van der Waals surface area contributed by atoms with Gasteiger partial charge >= 0.3 is 6.18 Å². The summed E-state index contributed by atoms with van der Waals surface area (Å²) < 4.78 is 38.8. The van der Waals surface area contributed by atoms with Crippen molar-refractivity contribution < 1.29 is 18.0 Å². The van der Waals surface area contributed by atoms with Crippen LogP contribution in [-0.4, -0.2) is 27.0 Å². The Morgan fingerprint density at radius 1 is 1.13 bits per heavy atom. The van der Waals surface area contributed by atoms with Crippen molar-refractivity contribution in [1.29, 1.82) is 0 Å². The Bertz CT molecular complexity index is 1100. The molecule has 0 fully saturated rings. The van der Waals surface area contributed by atoms with Crippen molar-refractivity contribution in [1.82, 2.24) is 20.3 Å². The summed E-state index contributed by atoms with van der Waals surface area (Å²) in [6, 6.07) is 8.96. The first-order valence-corrected chi connectivity index (χ1v) is 9.61. The van der Waals surface area contributed by atoms with E-state index in [0.717, 1.165) is 16.5 Å². The van der Waals surface area contributed by atoms with Gasteiger partial charge in [0.05, 0.1) is 23.5 Å². The van der Waals surface area contributed by atoms with Gasteiger partial charge in [-0.05, 0) is 37.0 Å². The van der Waals surface area contributed by atoms with E-state index in [0.29, 0.717) is 23.3 Å². The van der Waals surface area contributed by atoms with Gasteiger partial charge in [-0.25, -0.2) is 9.97 Å². The fourth-order valence-electron chi connectivity index (χ4n) is 3.60. The lowest BCUT2D eigenvalue weighted by Gasteiger charge is -2.24. The van der Waals surface area contributed by atoms with Crippen molar-refractivity contribution in [2.24, 2.45) is 5.92 Å². The van der Waals surface area contributed by atoms with Crippen LogP contribution in [0, 0.1) is 5.92 Å². The number of carbonyl (C=O) groups is 1. The van der Waals surface area contributed by atoms with E-state index < -0.39 is 12.1 Å². The maximum absolute atomic E-state index is 12.9. The fourth-order valence-corrected chi connectivity index (χ4v) is 3.60. The Kier molecular flexibility index (Phi) is 5.48. The number of carbonyl (C=O) groups excluding carboxylic acids is 1. The smallest absolute Gasteiger partial charge is 0.345 e. The summed E-state index contributed by atoms with van der Waals surface area (Å²) in [5.74, 6) is -1.08. The molecule has 1 aliphatic carbocycles. The second kappa shape index (κ2) is 8.22. The van der Waals surface area contributed by atoms with Crippen LogP contribution >= 0.6 is 0 Å². The third-order valence-corrected chi connectivity index (χ3v) is 5.22. The van der Waals surface area contributed by atoms with E-state index in [-0.39, 0.29) is 25.3 Å². The van der Waals surface area contributed by atoms with Crippen LogP contribution in [0.1, 0.15) is 41.0 Å². The largest absolute Gasteiger partial charge is 0.392 e. The number of para-hydroxylation sites is 1. The molecule has 0 bridgehead atoms. The molecule has 0 saturated heterocycles. The molecule has 154 valence electrons. The summed E-state index contributed by atoms with van der Waals surface area (Å²) in [7, 11) is 0. The molecule has 30 heavy (non-hydrogen) atoms. The number of fused-ring (bicyclic) bond motifs is 1. The van der Waals surface area contributed by atoms with Gasteiger partial charge in [0, 0.05) is 29.5 Å². The van der Waals surface area contributed by atoms with Crippen molar-refractivity contribution in [2.75, 3.05) is 0 Å². The van der Waals surface area contributed by atoms with Gasteiger partial charge in [0.2, 0.25) is 0 Å². The standard InChI is InChI=1S/C22H19F3N4O/c23-22(24,25)17-7-5-14(6-8-17)18-4-1-3-15-11-16(12-28-20(15)18)21(30)29-13-19-26-9-2-10-27-19/h1-5,9-12,17H,6-8,13H2,(H,29,30). The molecule has 1 N–H and O–H groups in total. The molecule has 1 amide bonds. The minimum Gasteiger partial charge on any atom is -0.345 e. The number of benzene rings is 1. The van der Waals surface area contributed by atoms with Gasteiger partial charge in [-0.2, -0.15) is 13.2 Å². The summed E-state index contributed by atoms with van der Waals surface area (Å²) in [4.78, 5) is 25.0. The highest BCUT2D eigenvalue weighted by Crippen LogP contribution is 2.40. The van der Waals surface area contributed by atoms with Crippen LogP contribution in [0.25, 0.3) is 16.5 Å². The molecule has 0 spiro atoms. The van der Waals surface area contributed by atoms with Crippen LogP contribution in [0.3, 0.4) is 0 Å². The highest BCUT2D eigenvalue weighted by Gasteiger charge is 2.39. The van der Waals surface area contributed by atoms with Crippen molar-refractivity contribution in [3.05, 3.63) is 71.9 Å². The van der Waals surface area contributed by atoms with E-state index in [4.69, 9.17) is 0 Å². The van der Waals surface area contributed by atoms with Crippen molar-refractivity contribution in [3.63, 3.8) is 0 Å². The zero-order valence-corrected chi connectivity index (χ0v) is 16.0. The normalized spacial score (nSPS) is 16.9. The maximum Gasteiger partial charge on any atom is 0.392 e. The van der Waals surface area contributed by atoms with Gasteiger partial charge in [-0.1, -0.05) is 24.3 Å². The number of rotatable bonds is 4. The number of aromatic nitrogens is 3. The molecule has 1 aromatic carbocycles. The number of nitrogens with zero attached hydrogens (tertiary/aromatic N) is 3. The number of alkyl halides is 3. The molecular weight excluding hydrogens is 393 g/mol. The Hall–Kier alpha value is -3.29. The van der Waals surface area contributed by atoms with Crippen molar-refractivity contribution >= 4 is 22.4 Å². The third kappa shape index (κ3) is 4.32. The van der Waals surface area contributed by atoms with E-state index in [2.05, 4.69) is 20.3 Å². The molecule has 0 aliphatic heterocycles. The molecule has 3 aromatic rings. The lowest BCUT2D eigenvalue weighted by Crippen LogP contribution is -2.24. The fraction of sp³-hybridized carbons (Fsp3) is 0.273. The first-order chi connectivity index (χ1) is 14.4. The van der Waals surface area contributed by atoms with Crippen LogP contribution in [0.4, 0.5) is 13.2 Å². The van der Waals surface area contributed by atoms with E-state index in [1.807, 2.05) is 18.2 Å². The van der Waals surface area contributed by atoms with Crippen LogP contribution in [0.15, 0.2) is 55.0 Å². The van der Waals surface area contributed by atoms with Gasteiger partial charge in [0.25, 0.3) is 5.91 Å². The van der Waals surface area contributed by atoms with Crippen LogP contribution < -0.4 is 5.32 Å². The Morgan fingerprint density at radius 3 is 2.63 bits per heavy atom. The molecule has 1 atom stereocenters. The minimum absolute atomic E-state index is 0.0166. The number of pyridine rings is 1. The minimum atomic E-state index is -4.16. The molecule has 4 rings (SSSR count). The number of halogens is 3. The number of allylic oxidation sites excluding steroid dienone is 2. The number of hydrogen-bond donors (Lipinski definition) is 1. The lowest BCUT2D eigenvalue weighted by atomic mass is 9.85. The van der Waals surface area contributed by atoms with Crippen LogP contribution in [0.5, 0.6) is 0 Å². The summed E-state index contributed by atoms with van der Waals surface area (Å²) in [5, 5.41) is 3.51. The topological polar surface area (TPSA) is 67.8 Å². The Labute approximate surface area is 171 Å².